The summed E-state index contributed by atoms with van der Waals surface area (Å²) >= 11 is 0. The molecule has 1 aliphatic heterocycles. The second kappa shape index (κ2) is 10.3. The number of ketones is 1. The van der Waals surface area contributed by atoms with Crippen molar-refractivity contribution in [2.45, 2.75) is 25.9 Å². The van der Waals surface area contributed by atoms with Crippen molar-refractivity contribution in [2.24, 2.45) is 0 Å². The van der Waals surface area contributed by atoms with Crippen molar-refractivity contribution in [3.63, 3.8) is 0 Å². The maximum Gasteiger partial charge on any atom is 0.295 e. The van der Waals surface area contributed by atoms with Crippen LogP contribution in [0.25, 0.3) is 5.76 Å². The van der Waals surface area contributed by atoms with E-state index < -0.39 is 17.7 Å². The third-order valence-electron chi connectivity index (χ3n) is 5.75. The molecule has 0 bridgehead atoms. The first-order valence-electron chi connectivity index (χ1n) is 11.2. The molecule has 1 amide bonds. The minimum Gasteiger partial charge on any atom is -0.507 e. The number of amides is 1. The Balaban J connectivity index is 1.81. The van der Waals surface area contributed by atoms with E-state index in [1.807, 2.05) is 61.5 Å². The molecule has 4 rings (SSSR count). The number of hydrogen-bond donors (Lipinski definition) is 1. The van der Waals surface area contributed by atoms with Crippen LogP contribution in [0.1, 0.15) is 36.1 Å². The number of Topliss-reactive ketones (excluding diaryl/α,β-unsaturated/α-hetero) is 1. The quantitative estimate of drug-likeness (QED) is 0.289. The smallest absolute Gasteiger partial charge is 0.295 e. The molecule has 174 valence electrons. The molecule has 0 aromatic heterocycles. The van der Waals surface area contributed by atoms with Crippen molar-refractivity contribution < 1.29 is 24.2 Å². The van der Waals surface area contributed by atoms with Crippen molar-refractivity contribution in [2.75, 3.05) is 13.7 Å². The lowest BCUT2D eigenvalue weighted by Crippen LogP contribution is -2.29. The van der Waals surface area contributed by atoms with Gasteiger partial charge in [0.1, 0.15) is 17.3 Å². The van der Waals surface area contributed by atoms with Gasteiger partial charge in [0.25, 0.3) is 11.7 Å². The maximum absolute atomic E-state index is 13.2. The number of rotatable bonds is 8. The Bertz CT molecular complexity index is 1200. The number of aliphatic hydroxyl groups excluding tert-OH is 1. The van der Waals surface area contributed by atoms with Gasteiger partial charge in [-0.15, -0.1) is 0 Å². The summed E-state index contributed by atoms with van der Waals surface area (Å²) in [5, 5.41) is 11.2. The fraction of sp³-hybridized carbons (Fsp3) is 0.214. The summed E-state index contributed by atoms with van der Waals surface area (Å²) in [6.07, 6.45) is 0.888. The molecule has 34 heavy (non-hydrogen) atoms. The van der Waals surface area contributed by atoms with Crippen LogP contribution in [0.2, 0.25) is 0 Å². The molecule has 1 atom stereocenters. The lowest BCUT2D eigenvalue weighted by atomic mass is 9.95. The summed E-state index contributed by atoms with van der Waals surface area (Å²) in [5.41, 5.74) is 2.06. The fourth-order valence-electron chi connectivity index (χ4n) is 4.06. The molecule has 0 radical (unpaired) electrons. The summed E-state index contributed by atoms with van der Waals surface area (Å²) in [5.74, 6) is -0.351. The number of benzene rings is 3. The van der Waals surface area contributed by atoms with Gasteiger partial charge in [-0.05, 0) is 41.8 Å². The molecule has 1 fully saturated rings. The zero-order chi connectivity index (χ0) is 24.1. The Morgan fingerprint density at radius 3 is 2.35 bits per heavy atom. The van der Waals surface area contributed by atoms with Gasteiger partial charge in [-0.25, -0.2) is 0 Å². The minimum atomic E-state index is -0.744. The molecule has 0 aliphatic carbocycles. The van der Waals surface area contributed by atoms with Crippen LogP contribution in [0.3, 0.4) is 0 Å². The van der Waals surface area contributed by atoms with E-state index in [-0.39, 0.29) is 17.9 Å². The lowest BCUT2D eigenvalue weighted by molar-refractivity contribution is -0.140. The van der Waals surface area contributed by atoms with Crippen molar-refractivity contribution in [3.05, 3.63) is 101 Å². The highest BCUT2D eigenvalue weighted by Crippen LogP contribution is 2.41. The van der Waals surface area contributed by atoms with Gasteiger partial charge in [0.05, 0.1) is 25.3 Å². The van der Waals surface area contributed by atoms with E-state index in [2.05, 4.69) is 0 Å². The van der Waals surface area contributed by atoms with Gasteiger partial charge in [-0.1, -0.05) is 61.5 Å². The van der Waals surface area contributed by atoms with E-state index in [0.717, 1.165) is 12.0 Å². The second-order valence-corrected chi connectivity index (χ2v) is 8.06. The fourth-order valence-corrected chi connectivity index (χ4v) is 4.06. The van der Waals surface area contributed by atoms with E-state index in [1.165, 1.54) is 12.0 Å². The van der Waals surface area contributed by atoms with Gasteiger partial charge in [-0.3, -0.25) is 9.59 Å². The Kier molecular flexibility index (Phi) is 6.97. The Hall–Kier alpha value is -4.06. The topological polar surface area (TPSA) is 76.1 Å². The number of nitrogens with zero attached hydrogens (tertiary/aromatic N) is 1. The highest BCUT2D eigenvalue weighted by Gasteiger charge is 2.46. The van der Waals surface area contributed by atoms with Crippen LogP contribution in [0.4, 0.5) is 0 Å². The minimum absolute atomic E-state index is 0.0522. The number of aliphatic hydroxyl groups is 1. The number of ether oxygens (including phenoxy) is 2. The van der Waals surface area contributed by atoms with Crippen LogP contribution in [-0.2, 0) is 16.1 Å². The van der Waals surface area contributed by atoms with Crippen molar-refractivity contribution in [1.82, 2.24) is 4.90 Å². The summed E-state index contributed by atoms with van der Waals surface area (Å²) in [7, 11) is 1.53. The molecule has 6 heteroatoms. The highest BCUT2D eigenvalue weighted by molar-refractivity contribution is 6.46. The molecule has 1 aliphatic rings. The first-order chi connectivity index (χ1) is 16.5. The molecular formula is C28H27NO5. The third-order valence-corrected chi connectivity index (χ3v) is 5.75. The van der Waals surface area contributed by atoms with E-state index in [4.69, 9.17) is 9.47 Å². The zero-order valence-corrected chi connectivity index (χ0v) is 19.2. The molecule has 1 saturated heterocycles. The average molecular weight is 458 g/mol. The van der Waals surface area contributed by atoms with Gasteiger partial charge in [0.2, 0.25) is 0 Å². The molecular weight excluding hydrogens is 430 g/mol. The number of hydrogen-bond acceptors (Lipinski definition) is 5. The Morgan fingerprint density at radius 2 is 1.68 bits per heavy atom. The average Bonchev–Trinajstić information content (AvgIpc) is 3.13. The summed E-state index contributed by atoms with van der Waals surface area (Å²) < 4.78 is 10.9. The van der Waals surface area contributed by atoms with Crippen LogP contribution in [0.5, 0.6) is 11.5 Å². The van der Waals surface area contributed by atoms with Gasteiger partial charge in [0, 0.05) is 12.1 Å². The van der Waals surface area contributed by atoms with Gasteiger partial charge in [0.15, 0.2) is 0 Å². The SMILES string of the molecule is CCCOc1ccc(C2C(=C(O)c3cccc(OC)c3)C(=O)C(=O)N2Cc2ccccc2)cc1. The van der Waals surface area contributed by atoms with Crippen LogP contribution >= 0.6 is 0 Å². The number of methoxy groups -OCH3 is 1. The number of carbonyl (C=O) groups is 2. The molecule has 1 N–H and O–H groups in total. The van der Waals surface area contributed by atoms with E-state index in [0.29, 0.717) is 29.2 Å². The normalized spacial score (nSPS) is 17.1. The van der Waals surface area contributed by atoms with E-state index in [9.17, 15) is 14.7 Å². The predicted molar refractivity (Wildman–Crippen MR) is 130 cm³/mol. The zero-order valence-electron chi connectivity index (χ0n) is 19.2. The van der Waals surface area contributed by atoms with E-state index in [1.54, 1.807) is 24.3 Å². The molecule has 6 nitrogen and oxygen atoms in total. The standard InChI is InChI=1S/C28H27NO5/c1-3-16-34-22-14-12-20(13-15-22)25-24(26(30)21-10-7-11-23(17-21)33-2)27(31)28(32)29(25)18-19-8-5-4-6-9-19/h4-15,17,25,30H,3,16,18H2,1-2H3. The molecule has 0 saturated carbocycles. The van der Waals surface area contributed by atoms with Crippen LogP contribution < -0.4 is 9.47 Å². The van der Waals surface area contributed by atoms with E-state index >= 15 is 0 Å². The third kappa shape index (κ3) is 4.66. The lowest BCUT2D eigenvalue weighted by Gasteiger charge is -2.25. The van der Waals surface area contributed by atoms with Gasteiger partial charge in [-0.2, -0.15) is 0 Å². The second-order valence-electron chi connectivity index (χ2n) is 8.06. The summed E-state index contributed by atoms with van der Waals surface area (Å²) in [6, 6.07) is 22.8. The highest BCUT2D eigenvalue weighted by atomic mass is 16.5. The monoisotopic (exact) mass is 457 g/mol. The molecule has 0 spiro atoms. The number of likely N-dealkylation sites (tertiary alicyclic amines) is 1. The summed E-state index contributed by atoms with van der Waals surface area (Å²) in [6.45, 7) is 2.87. The Morgan fingerprint density at radius 1 is 0.941 bits per heavy atom. The van der Waals surface area contributed by atoms with Gasteiger partial charge < -0.3 is 19.5 Å². The Labute approximate surface area is 199 Å². The van der Waals surface area contributed by atoms with Crippen LogP contribution in [0, 0.1) is 0 Å². The van der Waals surface area contributed by atoms with Gasteiger partial charge >= 0.3 is 0 Å². The molecule has 3 aromatic rings. The van der Waals surface area contributed by atoms with Crippen LogP contribution in [0.15, 0.2) is 84.4 Å². The molecule has 3 aromatic carbocycles. The van der Waals surface area contributed by atoms with Crippen LogP contribution in [-0.4, -0.2) is 35.4 Å². The van der Waals surface area contributed by atoms with Crippen molar-refractivity contribution in [3.8, 4) is 11.5 Å². The first kappa shape index (κ1) is 23.1. The largest absolute Gasteiger partial charge is 0.507 e. The van der Waals surface area contributed by atoms with Crippen molar-refractivity contribution >= 4 is 17.4 Å². The predicted octanol–water partition coefficient (Wildman–Crippen LogP) is 5.11. The summed E-state index contributed by atoms with van der Waals surface area (Å²) in [4.78, 5) is 27.9. The molecule has 1 unspecified atom stereocenters. The maximum atomic E-state index is 13.2. The number of carbonyl (C=O) groups excluding carboxylic acids is 2. The molecule has 1 heterocycles. The van der Waals surface area contributed by atoms with Crippen molar-refractivity contribution in [1.29, 1.82) is 0 Å². The first-order valence-corrected chi connectivity index (χ1v) is 11.2.